The summed E-state index contributed by atoms with van der Waals surface area (Å²) in [5.41, 5.74) is 10.6. The normalized spacial score (nSPS) is 17.0. The number of aromatic nitrogens is 4. The molecule has 0 spiro atoms. The summed E-state index contributed by atoms with van der Waals surface area (Å²) in [7, 11) is 0. The van der Waals surface area contributed by atoms with E-state index in [4.69, 9.17) is 5.73 Å². The number of amides is 1. The van der Waals surface area contributed by atoms with Crippen molar-refractivity contribution in [2.24, 2.45) is 0 Å². The molecule has 1 aliphatic heterocycles. The number of benzene rings is 2. The molecule has 4 aromatic rings. The molecule has 3 N–H and O–H groups in total. The molecule has 2 aromatic heterocycles. The lowest BCUT2D eigenvalue weighted by Gasteiger charge is -2.31. The lowest BCUT2D eigenvalue weighted by Crippen LogP contribution is -2.39. The predicted molar refractivity (Wildman–Crippen MR) is 145 cm³/mol. The van der Waals surface area contributed by atoms with Crippen molar-refractivity contribution in [1.82, 2.24) is 19.5 Å². The molecule has 0 saturated heterocycles. The number of rotatable bonds is 7. The standard InChI is InChI=1S/C30H29FN6O2/c31-24-14-20(18-4-5-18)13-19-9-11-37(29(39)27(19)24)25-3-1-2-22(23(25)16-38)28-33-26(34-30(32)35-28)12-17-8-10-36(15-17)21-6-7-21/h1-3,8,10,13-15,18,21,38H,4-7,9,11-12,16H2,(H2,32,33,34,35). The van der Waals surface area contributed by atoms with Gasteiger partial charge in [0.25, 0.3) is 5.91 Å². The van der Waals surface area contributed by atoms with Crippen molar-refractivity contribution in [3.05, 3.63) is 88.3 Å². The van der Waals surface area contributed by atoms with Crippen molar-refractivity contribution >= 4 is 17.5 Å². The SMILES string of the molecule is Nc1nc(Cc2ccn(C3CC3)c2)nc(-c2cccc(N3CCc4cc(C5CC5)cc(F)c4C3=O)c2CO)n1. The van der Waals surface area contributed by atoms with Gasteiger partial charge in [-0.15, -0.1) is 0 Å². The highest BCUT2D eigenvalue weighted by Gasteiger charge is 2.33. The Bertz CT molecular complexity index is 1610. The molecule has 3 aliphatic rings. The number of aliphatic hydroxyl groups excluding tert-OH is 1. The number of nitrogens with zero attached hydrogens (tertiary/aromatic N) is 5. The van der Waals surface area contributed by atoms with Crippen LogP contribution in [0.3, 0.4) is 0 Å². The fraction of sp³-hybridized carbons (Fsp3) is 0.333. The van der Waals surface area contributed by atoms with Gasteiger partial charge in [-0.3, -0.25) is 4.79 Å². The van der Waals surface area contributed by atoms with Gasteiger partial charge in [0.1, 0.15) is 11.6 Å². The zero-order valence-corrected chi connectivity index (χ0v) is 21.5. The van der Waals surface area contributed by atoms with Crippen LogP contribution in [0.2, 0.25) is 0 Å². The van der Waals surface area contributed by atoms with Crippen molar-refractivity contribution in [3.63, 3.8) is 0 Å². The Morgan fingerprint density at radius 3 is 2.69 bits per heavy atom. The maximum absolute atomic E-state index is 15.2. The minimum Gasteiger partial charge on any atom is -0.392 e. The lowest BCUT2D eigenvalue weighted by atomic mass is 9.93. The molecule has 0 unspecified atom stereocenters. The molecule has 2 saturated carbocycles. The van der Waals surface area contributed by atoms with Crippen molar-refractivity contribution in [2.75, 3.05) is 17.2 Å². The van der Waals surface area contributed by atoms with E-state index in [0.717, 1.165) is 29.5 Å². The van der Waals surface area contributed by atoms with Gasteiger partial charge in [-0.2, -0.15) is 9.97 Å². The zero-order chi connectivity index (χ0) is 26.7. The Morgan fingerprint density at radius 2 is 1.92 bits per heavy atom. The number of anilines is 2. The van der Waals surface area contributed by atoms with Gasteiger partial charge in [-0.05, 0) is 72.9 Å². The van der Waals surface area contributed by atoms with Crippen LogP contribution in [0, 0.1) is 5.82 Å². The van der Waals surface area contributed by atoms with Gasteiger partial charge in [0.05, 0.1) is 17.9 Å². The second kappa shape index (κ2) is 9.27. The van der Waals surface area contributed by atoms with E-state index in [-0.39, 0.29) is 18.1 Å². The predicted octanol–water partition coefficient (Wildman–Crippen LogP) is 4.56. The van der Waals surface area contributed by atoms with Gasteiger partial charge >= 0.3 is 0 Å². The molecule has 9 heteroatoms. The van der Waals surface area contributed by atoms with Crippen LogP contribution >= 0.6 is 0 Å². The number of hydrogen-bond donors (Lipinski definition) is 2. The summed E-state index contributed by atoms with van der Waals surface area (Å²) in [6, 6.07) is 11.5. The second-order valence-electron chi connectivity index (χ2n) is 10.8. The second-order valence-corrected chi connectivity index (χ2v) is 10.8. The third-order valence-electron chi connectivity index (χ3n) is 7.95. The molecule has 198 valence electrons. The average molecular weight is 525 g/mol. The summed E-state index contributed by atoms with van der Waals surface area (Å²) in [6.07, 6.45) is 9.78. The number of aliphatic hydroxyl groups is 1. The summed E-state index contributed by atoms with van der Waals surface area (Å²) in [4.78, 5) is 28.5. The number of carbonyl (C=O) groups is 1. The van der Waals surface area contributed by atoms with E-state index in [2.05, 4.69) is 38.0 Å². The van der Waals surface area contributed by atoms with E-state index in [9.17, 15) is 9.90 Å². The van der Waals surface area contributed by atoms with Crippen LogP contribution in [-0.2, 0) is 19.4 Å². The molecule has 0 radical (unpaired) electrons. The largest absolute Gasteiger partial charge is 0.392 e. The molecule has 0 atom stereocenters. The van der Waals surface area contributed by atoms with Gasteiger partial charge < -0.3 is 20.3 Å². The Kier molecular flexibility index (Phi) is 5.70. The molecule has 3 heterocycles. The highest BCUT2D eigenvalue weighted by atomic mass is 19.1. The van der Waals surface area contributed by atoms with Gasteiger partial charge in [-0.1, -0.05) is 18.2 Å². The van der Waals surface area contributed by atoms with Crippen LogP contribution in [0.5, 0.6) is 0 Å². The van der Waals surface area contributed by atoms with Gasteiger partial charge in [0, 0.05) is 42.5 Å². The van der Waals surface area contributed by atoms with Crippen LogP contribution in [0.15, 0.2) is 48.8 Å². The molecule has 7 rings (SSSR count). The Labute approximate surface area is 225 Å². The number of hydrogen-bond acceptors (Lipinski definition) is 6. The Morgan fingerprint density at radius 1 is 1.08 bits per heavy atom. The van der Waals surface area contributed by atoms with Crippen molar-refractivity contribution < 1.29 is 14.3 Å². The van der Waals surface area contributed by atoms with E-state index >= 15 is 4.39 Å². The molecular formula is C30H29FN6O2. The van der Waals surface area contributed by atoms with E-state index in [0.29, 0.717) is 59.8 Å². The maximum Gasteiger partial charge on any atom is 0.261 e. The fourth-order valence-electron chi connectivity index (χ4n) is 5.66. The first-order chi connectivity index (χ1) is 19.0. The number of nitrogens with two attached hydrogens (primary N) is 1. The topological polar surface area (TPSA) is 110 Å². The smallest absolute Gasteiger partial charge is 0.261 e. The lowest BCUT2D eigenvalue weighted by molar-refractivity contribution is 0.0976. The third kappa shape index (κ3) is 4.46. The quantitative estimate of drug-likeness (QED) is 0.367. The van der Waals surface area contributed by atoms with Gasteiger partial charge in [-0.25, -0.2) is 9.37 Å². The molecule has 1 amide bonds. The van der Waals surface area contributed by atoms with Crippen LogP contribution < -0.4 is 10.6 Å². The Hall–Kier alpha value is -4.11. The number of nitrogen functional groups attached to an aromatic ring is 1. The fourth-order valence-corrected chi connectivity index (χ4v) is 5.66. The number of fused-ring (bicyclic) bond motifs is 1. The minimum absolute atomic E-state index is 0.0856. The number of carbonyl (C=O) groups excluding carboxylic acids is 1. The minimum atomic E-state index is -0.476. The monoisotopic (exact) mass is 524 g/mol. The van der Waals surface area contributed by atoms with Crippen LogP contribution in [0.1, 0.15) is 76.1 Å². The number of halogens is 1. The first-order valence-corrected chi connectivity index (χ1v) is 13.5. The van der Waals surface area contributed by atoms with Gasteiger partial charge in [0.2, 0.25) is 5.95 Å². The Balaban J connectivity index is 1.22. The van der Waals surface area contributed by atoms with E-state index in [1.807, 2.05) is 6.07 Å². The average Bonchev–Trinajstić information content (AvgIpc) is 3.86. The molecule has 2 aromatic carbocycles. The van der Waals surface area contributed by atoms with Crippen LogP contribution in [0.25, 0.3) is 11.4 Å². The summed E-state index contributed by atoms with van der Waals surface area (Å²) < 4.78 is 17.4. The summed E-state index contributed by atoms with van der Waals surface area (Å²) in [5, 5.41) is 10.4. The van der Waals surface area contributed by atoms with Crippen LogP contribution in [0.4, 0.5) is 16.0 Å². The molecule has 2 fully saturated rings. The van der Waals surface area contributed by atoms with Crippen molar-refractivity contribution in [1.29, 1.82) is 0 Å². The first kappa shape index (κ1) is 24.0. The molecule has 0 bridgehead atoms. The highest BCUT2D eigenvalue weighted by molar-refractivity contribution is 6.09. The molecule has 39 heavy (non-hydrogen) atoms. The zero-order valence-electron chi connectivity index (χ0n) is 21.5. The maximum atomic E-state index is 15.2. The van der Waals surface area contributed by atoms with E-state index in [1.54, 1.807) is 23.1 Å². The summed E-state index contributed by atoms with van der Waals surface area (Å²) >= 11 is 0. The van der Waals surface area contributed by atoms with Crippen molar-refractivity contribution in [3.8, 4) is 11.4 Å². The summed E-state index contributed by atoms with van der Waals surface area (Å²) in [6.45, 7) is 0.0365. The molecular weight excluding hydrogens is 495 g/mol. The molecule has 2 aliphatic carbocycles. The highest BCUT2D eigenvalue weighted by Crippen LogP contribution is 2.42. The van der Waals surface area contributed by atoms with Gasteiger partial charge in [0.15, 0.2) is 5.82 Å². The third-order valence-corrected chi connectivity index (χ3v) is 7.95. The molecule has 8 nitrogen and oxygen atoms in total. The van der Waals surface area contributed by atoms with Crippen molar-refractivity contribution in [2.45, 2.75) is 57.1 Å². The van der Waals surface area contributed by atoms with E-state index < -0.39 is 11.7 Å². The van der Waals surface area contributed by atoms with Crippen LogP contribution in [-0.4, -0.2) is 37.1 Å². The summed E-state index contributed by atoms with van der Waals surface area (Å²) in [5.74, 6) is 0.469. The first-order valence-electron chi connectivity index (χ1n) is 13.5. The van der Waals surface area contributed by atoms with E-state index in [1.165, 1.54) is 18.9 Å².